The zero-order valence-electron chi connectivity index (χ0n) is 14.3. The van der Waals surface area contributed by atoms with Gasteiger partial charge >= 0.3 is 0 Å². The van der Waals surface area contributed by atoms with E-state index in [-0.39, 0.29) is 40.2 Å². The second-order valence-electron chi connectivity index (χ2n) is 7.01. The molecular formula is C18H17ClFN3O2S. The summed E-state index contributed by atoms with van der Waals surface area (Å²) in [5.41, 5.74) is 5.30. The molecule has 2 heterocycles. The first kappa shape index (κ1) is 17.4. The number of piperidine rings is 1. The van der Waals surface area contributed by atoms with E-state index in [1.54, 1.807) is 17.9 Å². The predicted octanol–water partition coefficient (Wildman–Crippen LogP) is 3.39. The number of fused-ring (bicyclic) bond motifs is 1. The van der Waals surface area contributed by atoms with Gasteiger partial charge in [0.05, 0.1) is 20.3 Å². The molecule has 2 N–H and O–H groups in total. The smallest absolute Gasteiger partial charge is 0.274 e. The zero-order chi connectivity index (χ0) is 18.8. The lowest BCUT2D eigenvalue weighted by atomic mass is 10.00. The van der Waals surface area contributed by atoms with Crippen molar-refractivity contribution in [3.63, 3.8) is 0 Å². The Morgan fingerprint density at radius 2 is 2.15 bits per heavy atom. The molecule has 4 rings (SSSR count). The van der Waals surface area contributed by atoms with Crippen LogP contribution in [0.2, 0.25) is 5.02 Å². The number of halogens is 2. The van der Waals surface area contributed by atoms with E-state index in [0.29, 0.717) is 22.7 Å². The van der Waals surface area contributed by atoms with Gasteiger partial charge in [-0.1, -0.05) is 17.7 Å². The van der Waals surface area contributed by atoms with Gasteiger partial charge in [0, 0.05) is 17.6 Å². The number of carbonyl (C=O) groups is 2. The van der Waals surface area contributed by atoms with Crippen LogP contribution in [0.3, 0.4) is 0 Å². The molecule has 8 heteroatoms. The van der Waals surface area contributed by atoms with Crippen LogP contribution in [-0.4, -0.2) is 33.8 Å². The standard InChI is InChI=1S/C18H17ClFN3O2S/c1-8-6-18(17(21)25)7-12(18)23(8)16(24)14-15(26-9(2)22-14)13-10(19)4-3-5-11(13)20/h3-5,8,12H,6-7H2,1-2H3,(H2,21,25)/t8-,12-,18+/m0/s1. The summed E-state index contributed by atoms with van der Waals surface area (Å²) in [7, 11) is 0. The first-order valence-corrected chi connectivity index (χ1v) is 9.50. The Labute approximate surface area is 159 Å². The third-order valence-corrected chi connectivity index (χ3v) is 6.66. The molecule has 2 amide bonds. The number of nitrogens with zero attached hydrogens (tertiary/aromatic N) is 2. The van der Waals surface area contributed by atoms with E-state index in [1.165, 1.54) is 23.5 Å². The molecule has 1 aliphatic carbocycles. The van der Waals surface area contributed by atoms with Crippen molar-refractivity contribution >= 4 is 34.8 Å². The number of nitrogens with two attached hydrogens (primary N) is 1. The topological polar surface area (TPSA) is 76.3 Å². The number of primary amides is 1. The monoisotopic (exact) mass is 393 g/mol. The molecule has 0 radical (unpaired) electrons. The molecule has 136 valence electrons. The Hall–Kier alpha value is -1.99. The average Bonchev–Trinajstić information content (AvgIpc) is 3.01. The lowest BCUT2D eigenvalue weighted by Crippen LogP contribution is -2.37. The number of aromatic nitrogens is 1. The minimum atomic E-state index is -0.615. The number of amides is 2. The first-order valence-electron chi connectivity index (χ1n) is 8.30. The van der Waals surface area contributed by atoms with Crippen LogP contribution in [0.1, 0.15) is 35.3 Å². The molecule has 0 spiro atoms. The van der Waals surface area contributed by atoms with Gasteiger partial charge in [-0.15, -0.1) is 11.3 Å². The number of thiazole rings is 1. The van der Waals surface area contributed by atoms with E-state index >= 15 is 0 Å². The van der Waals surface area contributed by atoms with Crippen molar-refractivity contribution < 1.29 is 14.0 Å². The SMILES string of the molecule is Cc1nc(C(=O)N2[C@H]3C[C@]3(C(N)=O)C[C@@H]2C)c(-c2c(F)cccc2Cl)s1. The fraction of sp³-hybridized carbons (Fsp3) is 0.389. The second kappa shape index (κ2) is 5.76. The van der Waals surface area contributed by atoms with Crippen molar-refractivity contribution in [2.75, 3.05) is 0 Å². The molecule has 1 saturated heterocycles. The highest BCUT2D eigenvalue weighted by molar-refractivity contribution is 7.15. The van der Waals surface area contributed by atoms with E-state index in [0.717, 1.165) is 0 Å². The average molecular weight is 394 g/mol. The van der Waals surface area contributed by atoms with E-state index in [4.69, 9.17) is 17.3 Å². The third-order valence-electron chi connectivity index (χ3n) is 5.36. The molecule has 0 bridgehead atoms. The highest BCUT2D eigenvalue weighted by Gasteiger charge is 2.68. The number of rotatable bonds is 3. The first-order chi connectivity index (χ1) is 12.3. The molecular weight excluding hydrogens is 377 g/mol. The molecule has 1 aromatic heterocycles. The molecule has 1 saturated carbocycles. The number of likely N-dealkylation sites (tertiary alicyclic amines) is 1. The molecule has 5 nitrogen and oxygen atoms in total. The molecule has 2 aliphatic rings. The Morgan fingerprint density at radius 1 is 1.42 bits per heavy atom. The Morgan fingerprint density at radius 3 is 2.77 bits per heavy atom. The molecule has 1 aliphatic heterocycles. The van der Waals surface area contributed by atoms with Crippen LogP contribution in [0.15, 0.2) is 18.2 Å². The quantitative estimate of drug-likeness (QED) is 0.868. The van der Waals surface area contributed by atoms with E-state index in [1.807, 2.05) is 6.92 Å². The van der Waals surface area contributed by atoms with Gasteiger partial charge in [-0.05, 0) is 38.8 Å². The summed E-state index contributed by atoms with van der Waals surface area (Å²) in [6.07, 6.45) is 1.13. The lowest BCUT2D eigenvalue weighted by molar-refractivity contribution is -0.123. The maximum absolute atomic E-state index is 14.4. The van der Waals surface area contributed by atoms with Crippen molar-refractivity contribution in [3.05, 3.63) is 39.7 Å². The van der Waals surface area contributed by atoms with Gasteiger partial charge in [-0.2, -0.15) is 0 Å². The van der Waals surface area contributed by atoms with Crippen molar-refractivity contribution in [2.45, 2.75) is 38.8 Å². The van der Waals surface area contributed by atoms with Gasteiger partial charge in [0.25, 0.3) is 5.91 Å². The molecule has 3 atom stereocenters. The summed E-state index contributed by atoms with van der Waals surface area (Å²) >= 11 is 7.42. The normalized spacial score (nSPS) is 26.7. The maximum Gasteiger partial charge on any atom is 0.274 e. The van der Waals surface area contributed by atoms with Crippen LogP contribution in [0.25, 0.3) is 10.4 Å². The van der Waals surface area contributed by atoms with Crippen molar-refractivity contribution in [3.8, 4) is 10.4 Å². The Kier molecular flexibility index (Phi) is 3.86. The summed E-state index contributed by atoms with van der Waals surface area (Å²) in [6.45, 7) is 3.65. The summed E-state index contributed by atoms with van der Waals surface area (Å²) < 4.78 is 14.4. The minimum absolute atomic E-state index is 0.125. The van der Waals surface area contributed by atoms with Gasteiger partial charge in [0.1, 0.15) is 11.5 Å². The highest BCUT2D eigenvalue weighted by Crippen LogP contribution is 2.59. The number of benzene rings is 1. The summed E-state index contributed by atoms with van der Waals surface area (Å²) in [6, 6.07) is 4.08. The van der Waals surface area contributed by atoms with Crippen molar-refractivity contribution in [1.29, 1.82) is 0 Å². The van der Waals surface area contributed by atoms with Crippen LogP contribution < -0.4 is 5.73 Å². The maximum atomic E-state index is 14.4. The van der Waals surface area contributed by atoms with Crippen LogP contribution in [0, 0.1) is 18.2 Å². The summed E-state index contributed by atoms with van der Waals surface area (Å²) in [5.74, 6) is -1.17. The van der Waals surface area contributed by atoms with Crippen molar-refractivity contribution in [2.24, 2.45) is 11.1 Å². The van der Waals surface area contributed by atoms with Crippen molar-refractivity contribution in [1.82, 2.24) is 9.88 Å². The van der Waals surface area contributed by atoms with Gasteiger partial charge in [-0.3, -0.25) is 9.59 Å². The van der Waals surface area contributed by atoms with Crippen LogP contribution in [0.4, 0.5) is 4.39 Å². The van der Waals surface area contributed by atoms with Gasteiger partial charge in [0.15, 0.2) is 0 Å². The van der Waals surface area contributed by atoms with Gasteiger partial charge in [0.2, 0.25) is 5.91 Å². The fourth-order valence-corrected chi connectivity index (χ4v) is 5.37. The van der Waals surface area contributed by atoms with E-state index in [2.05, 4.69) is 4.98 Å². The van der Waals surface area contributed by atoms with Crippen LogP contribution in [-0.2, 0) is 4.79 Å². The zero-order valence-corrected chi connectivity index (χ0v) is 15.8. The number of carbonyl (C=O) groups excluding carboxylic acids is 2. The largest absolute Gasteiger partial charge is 0.369 e. The third kappa shape index (κ3) is 2.37. The molecule has 2 aromatic rings. The second-order valence-corrected chi connectivity index (χ2v) is 8.62. The van der Waals surface area contributed by atoms with Crippen LogP contribution >= 0.6 is 22.9 Å². The highest BCUT2D eigenvalue weighted by atomic mass is 35.5. The van der Waals surface area contributed by atoms with E-state index < -0.39 is 11.2 Å². The molecule has 0 unspecified atom stereocenters. The molecule has 1 aromatic carbocycles. The predicted molar refractivity (Wildman–Crippen MR) is 97.5 cm³/mol. The number of aryl methyl sites for hydroxylation is 1. The van der Waals surface area contributed by atoms with E-state index in [9.17, 15) is 14.0 Å². The lowest BCUT2D eigenvalue weighted by Gasteiger charge is -2.24. The van der Waals surface area contributed by atoms with Gasteiger partial charge in [-0.25, -0.2) is 9.37 Å². The molecule has 2 fully saturated rings. The fourth-order valence-electron chi connectivity index (χ4n) is 4.09. The van der Waals surface area contributed by atoms with Gasteiger partial charge < -0.3 is 10.6 Å². The summed E-state index contributed by atoms with van der Waals surface area (Å²) in [5, 5.41) is 0.876. The Balaban J connectivity index is 1.76. The Bertz CT molecular complexity index is 926. The minimum Gasteiger partial charge on any atom is -0.369 e. The summed E-state index contributed by atoms with van der Waals surface area (Å²) in [4.78, 5) is 31.5. The van der Waals surface area contributed by atoms with Crippen LogP contribution in [0.5, 0.6) is 0 Å². The number of hydrogen-bond donors (Lipinski definition) is 1. The number of hydrogen-bond acceptors (Lipinski definition) is 4. The molecule has 26 heavy (non-hydrogen) atoms.